The summed E-state index contributed by atoms with van der Waals surface area (Å²) in [5.74, 6) is 0.324. The van der Waals surface area contributed by atoms with Crippen molar-refractivity contribution in [2.24, 2.45) is 16.3 Å². The normalized spacial score (nSPS) is 19.8. The summed E-state index contributed by atoms with van der Waals surface area (Å²) in [5, 5.41) is 15.0. The summed E-state index contributed by atoms with van der Waals surface area (Å²) in [6, 6.07) is 0. The van der Waals surface area contributed by atoms with Gasteiger partial charge in [0.05, 0.1) is 5.60 Å². The Morgan fingerprint density at radius 3 is 2.62 bits per heavy atom. The Hall–Kier alpha value is -0.810. The third kappa shape index (κ3) is 3.98. The minimum Gasteiger partial charge on any atom is -0.409 e. The van der Waals surface area contributed by atoms with Crippen LogP contribution < -0.4 is 11.1 Å². The highest BCUT2D eigenvalue weighted by atomic mass is 16.5. The standard InChI is InChI=1S/C11H23N3O2/c1-10(2,16-3)7-13-8-11(4-5-11)6-9(12)14-15/h13,15H,4-8H2,1-3H3,(H2,12,14). The number of nitrogens with zero attached hydrogens (tertiary/aromatic N) is 1. The van der Waals surface area contributed by atoms with Crippen molar-refractivity contribution in [2.75, 3.05) is 20.2 Å². The number of hydrogen-bond donors (Lipinski definition) is 3. The predicted molar refractivity (Wildman–Crippen MR) is 63.7 cm³/mol. The second kappa shape index (κ2) is 5.01. The van der Waals surface area contributed by atoms with Crippen LogP contribution in [0.4, 0.5) is 0 Å². The molecule has 1 rings (SSSR count). The molecule has 0 spiro atoms. The van der Waals surface area contributed by atoms with E-state index in [1.54, 1.807) is 7.11 Å². The maximum atomic E-state index is 8.54. The molecule has 0 aliphatic heterocycles. The van der Waals surface area contributed by atoms with Crippen LogP contribution in [0, 0.1) is 5.41 Å². The SMILES string of the molecule is COC(C)(C)CNCC1(CC(N)=NO)CC1. The topological polar surface area (TPSA) is 79.9 Å². The summed E-state index contributed by atoms with van der Waals surface area (Å²) in [4.78, 5) is 0. The van der Waals surface area contributed by atoms with Gasteiger partial charge in [0.15, 0.2) is 0 Å². The Morgan fingerprint density at radius 2 is 2.19 bits per heavy atom. The quantitative estimate of drug-likeness (QED) is 0.262. The van der Waals surface area contributed by atoms with Crippen LogP contribution in [-0.4, -0.2) is 36.8 Å². The van der Waals surface area contributed by atoms with Crippen molar-refractivity contribution < 1.29 is 9.94 Å². The first-order chi connectivity index (χ1) is 7.43. The highest BCUT2D eigenvalue weighted by Crippen LogP contribution is 2.48. The molecule has 0 amide bonds. The number of hydrogen-bond acceptors (Lipinski definition) is 4. The number of methoxy groups -OCH3 is 1. The average Bonchev–Trinajstić information content (AvgIpc) is 2.98. The molecule has 0 aromatic heterocycles. The van der Waals surface area contributed by atoms with E-state index in [1.807, 2.05) is 13.8 Å². The van der Waals surface area contributed by atoms with Crippen LogP contribution in [0.15, 0.2) is 5.16 Å². The van der Waals surface area contributed by atoms with Gasteiger partial charge in [-0.15, -0.1) is 0 Å². The zero-order valence-corrected chi connectivity index (χ0v) is 10.4. The van der Waals surface area contributed by atoms with Crippen LogP contribution in [-0.2, 0) is 4.74 Å². The van der Waals surface area contributed by atoms with Crippen LogP contribution in [0.1, 0.15) is 33.1 Å². The van der Waals surface area contributed by atoms with Gasteiger partial charge >= 0.3 is 0 Å². The third-order valence-corrected chi connectivity index (χ3v) is 3.24. The van der Waals surface area contributed by atoms with E-state index in [4.69, 9.17) is 15.7 Å². The molecular formula is C11H23N3O2. The van der Waals surface area contributed by atoms with E-state index >= 15 is 0 Å². The van der Waals surface area contributed by atoms with Gasteiger partial charge in [-0.2, -0.15) is 0 Å². The van der Waals surface area contributed by atoms with Crippen LogP contribution in [0.5, 0.6) is 0 Å². The zero-order chi connectivity index (χ0) is 12.2. The van der Waals surface area contributed by atoms with E-state index in [-0.39, 0.29) is 11.0 Å². The molecular weight excluding hydrogens is 206 g/mol. The molecule has 5 nitrogen and oxygen atoms in total. The molecule has 0 unspecified atom stereocenters. The number of nitrogens with one attached hydrogen (secondary N) is 1. The molecule has 16 heavy (non-hydrogen) atoms. The second-order valence-electron chi connectivity index (χ2n) is 5.34. The molecule has 0 saturated heterocycles. The smallest absolute Gasteiger partial charge is 0.139 e. The van der Waals surface area contributed by atoms with Crippen molar-refractivity contribution in [1.29, 1.82) is 0 Å². The molecule has 0 aromatic rings. The molecule has 94 valence electrons. The number of oxime groups is 1. The Morgan fingerprint density at radius 1 is 1.56 bits per heavy atom. The van der Waals surface area contributed by atoms with Crippen LogP contribution >= 0.6 is 0 Å². The van der Waals surface area contributed by atoms with Gasteiger partial charge in [-0.25, -0.2) is 0 Å². The Labute approximate surface area is 97.0 Å². The maximum absolute atomic E-state index is 8.54. The molecule has 1 saturated carbocycles. The van der Waals surface area contributed by atoms with E-state index in [2.05, 4.69) is 10.5 Å². The van der Waals surface area contributed by atoms with Gasteiger partial charge in [0.1, 0.15) is 5.84 Å². The van der Waals surface area contributed by atoms with E-state index in [0.29, 0.717) is 12.3 Å². The molecule has 0 heterocycles. The third-order valence-electron chi connectivity index (χ3n) is 3.24. The van der Waals surface area contributed by atoms with E-state index in [9.17, 15) is 0 Å². The lowest BCUT2D eigenvalue weighted by Gasteiger charge is -2.25. The van der Waals surface area contributed by atoms with Gasteiger partial charge in [-0.1, -0.05) is 5.16 Å². The average molecular weight is 229 g/mol. The molecule has 0 atom stereocenters. The van der Waals surface area contributed by atoms with E-state index < -0.39 is 0 Å². The van der Waals surface area contributed by atoms with Crippen LogP contribution in [0.3, 0.4) is 0 Å². The summed E-state index contributed by atoms with van der Waals surface area (Å²) in [7, 11) is 1.71. The fraction of sp³-hybridized carbons (Fsp3) is 0.909. The monoisotopic (exact) mass is 229 g/mol. The lowest BCUT2D eigenvalue weighted by Crippen LogP contribution is -2.39. The van der Waals surface area contributed by atoms with Crippen molar-refractivity contribution in [3.05, 3.63) is 0 Å². The van der Waals surface area contributed by atoms with Crippen molar-refractivity contribution in [1.82, 2.24) is 5.32 Å². The first-order valence-electron chi connectivity index (χ1n) is 5.65. The fourth-order valence-electron chi connectivity index (χ4n) is 1.71. The van der Waals surface area contributed by atoms with Crippen LogP contribution in [0.2, 0.25) is 0 Å². The molecule has 0 bridgehead atoms. The number of nitrogens with two attached hydrogens (primary N) is 1. The van der Waals surface area contributed by atoms with Gasteiger partial charge in [0.25, 0.3) is 0 Å². The highest BCUT2D eigenvalue weighted by molar-refractivity contribution is 5.80. The largest absolute Gasteiger partial charge is 0.409 e. The number of rotatable bonds is 7. The number of amidine groups is 1. The molecule has 4 N–H and O–H groups in total. The molecule has 1 aliphatic carbocycles. The van der Waals surface area contributed by atoms with Crippen molar-refractivity contribution in [2.45, 2.75) is 38.7 Å². The van der Waals surface area contributed by atoms with Crippen molar-refractivity contribution in [3.63, 3.8) is 0 Å². The summed E-state index contributed by atoms with van der Waals surface area (Å²) in [6.07, 6.45) is 2.96. The maximum Gasteiger partial charge on any atom is 0.139 e. The van der Waals surface area contributed by atoms with Crippen molar-refractivity contribution >= 4 is 5.84 Å². The number of ether oxygens (including phenoxy) is 1. The molecule has 1 fully saturated rings. The van der Waals surface area contributed by atoms with Gasteiger partial charge in [-0.3, -0.25) is 0 Å². The first kappa shape index (κ1) is 13.3. The molecule has 1 aliphatic rings. The summed E-state index contributed by atoms with van der Waals surface area (Å²) >= 11 is 0. The lowest BCUT2D eigenvalue weighted by atomic mass is 10.0. The van der Waals surface area contributed by atoms with E-state index in [0.717, 1.165) is 25.9 Å². The van der Waals surface area contributed by atoms with E-state index in [1.165, 1.54) is 0 Å². The second-order valence-corrected chi connectivity index (χ2v) is 5.34. The Balaban J connectivity index is 2.27. The lowest BCUT2D eigenvalue weighted by molar-refractivity contribution is 0.0225. The minimum atomic E-state index is -0.146. The minimum absolute atomic E-state index is 0.146. The Bertz CT molecular complexity index is 260. The van der Waals surface area contributed by atoms with Gasteiger partial charge in [0.2, 0.25) is 0 Å². The summed E-state index contributed by atoms with van der Waals surface area (Å²) in [6.45, 7) is 5.80. The van der Waals surface area contributed by atoms with Crippen molar-refractivity contribution in [3.8, 4) is 0 Å². The Kier molecular flexibility index (Phi) is 4.15. The first-order valence-corrected chi connectivity index (χ1v) is 5.65. The summed E-state index contributed by atoms with van der Waals surface area (Å²) < 4.78 is 5.32. The van der Waals surface area contributed by atoms with Crippen LogP contribution in [0.25, 0.3) is 0 Å². The molecule has 5 heteroatoms. The molecule has 0 radical (unpaired) electrons. The van der Waals surface area contributed by atoms with Gasteiger partial charge in [0, 0.05) is 26.6 Å². The predicted octanol–water partition coefficient (Wildman–Crippen LogP) is 0.918. The molecule has 0 aromatic carbocycles. The van der Waals surface area contributed by atoms with Gasteiger partial charge < -0.3 is 21.0 Å². The van der Waals surface area contributed by atoms with Gasteiger partial charge in [-0.05, 0) is 32.1 Å². The highest BCUT2D eigenvalue weighted by Gasteiger charge is 2.43. The summed E-state index contributed by atoms with van der Waals surface area (Å²) in [5.41, 5.74) is 5.59. The fourth-order valence-corrected chi connectivity index (χ4v) is 1.71. The zero-order valence-electron chi connectivity index (χ0n) is 10.4.